The first kappa shape index (κ1) is 14.3. The number of benzene rings is 1. The molecule has 1 aromatic carbocycles. The predicted octanol–water partition coefficient (Wildman–Crippen LogP) is 4.46. The second-order valence-corrected chi connectivity index (χ2v) is 10.9. The zero-order valence-electron chi connectivity index (χ0n) is 12.1. The van der Waals surface area contributed by atoms with E-state index in [-0.39, 0.29) is 0 Å². The monoisotopic (exact) mass is 273 g/mol. The molecule has 0 unspecified atom stereocenters. The molecule has 0 aliphatic heterocycles. The third-order valence-electron chi connectivity index (χ3n) is 3.77. The molecule has 0 saturated heterocycles. The highest BCUT2D eigenvalue weighted by Crippen LogP contribution is 2.40. The van der Waals surface area contributed by atoms with Crippen LogP contribution in [-0.2, 0) is 4.43 Å². The largest absolute Gasteiger partial charge is 0.400 e. The second-order valence-electron chi connectivity index (χ2n) is 6.51. The Balaban J connectivity index is 2.03. The fourth-order valence-corrected chi connectivity index (χ4v) is 4.39. The third kappa shape index (κ3) is 3.68. The van der Waals surface area contributed by atoms with Crippen molar-refractivity contribution in [1.82, 2.24) is 0 Å². The van der Waals surface area contributed by atoms with Crippen molar-refractivity contribution >= 4 is 8.32 Å². The summed E-state index contributed by atoms with van der Waals surface area (Å²) in [6.45, 7) is 6.49. The summed E-state index contributed by atoms with van der Waals surface area (Å²) in [6.07, 6.45) is 3.85. The average Bonchev–Trinajstić information content (AvgIpc) is 2.39. The lowest BCUT2D eigenvalue weighted by Crippen LogP contribution is -2.44. The van der Waals surface area contributed by atoms with Gasteiger partial charge in [0.15, 0.2) is 8.32 Å². The smallest absolute Gasteiger partial charge is 0.185 e. The molecule has 102 valence electrons. The molecule has 0 aromatic heterocycles. The van der Waals surface area contributed by atoms with Gasteiger partial charge in [0.05, 0.1) is 6.07 Å². The van der Waals surface area contributed by atoms with Crippen LogP contribution >= 0.6 is 0 Å². The molecule has 1 aromatic rings. The van der Waals surface area contributed by atoms with Crippen LogP contribution in [0.1, 0.15) is 37.2 Å². The van der Waals surface area contributed by atoms with Gasteiger partial charge < -0.3 is 4.43 Å². The minimum Gasteiger partial charge on any atom is -0.400 e. The predicted molar refractivity (Wildman–Crippen MR) is 80.4 cm³/mol. The zero-order chi connectivity index (χ0) is 13.9. The first-order valence-electron chi connectivity index (χ1n) is 7.10. The summed E-state index contributed by atoms with van der Waals surface area (Å²) in [4.78, 5) is 0. The Morgan fingerprint density at radius 1 is 1.16 bits per heavy atom. The molecule has 0 radical (unpaired) electrons. The van der Waals surface area contributed by atoms with Gasteiger partial charge in [-0.15, -0.1) is 0 Å². The summed E-state index contributed by atoms with van der Waals surface area (Å²) in [7, 11) is -1.66. The van der Waals surface area contributed by atoms with Crippen molar-refractivity contribution < 1.29 is 4.43 Å². The average molecular weight is 273 g/mol. The molecule has 2 rings (SSSR count). The van der Waals surface area contributed by atoms with Crippen LogP contribution in [0.5, 0.6) is 0 Å². The first-order valence-corrected chi connectivity index (χ1v) is 10.5. The molecule has 1 saturated carbocycles. The molecule has 0 bridgehead atoms. The third-order valence-corrected chi connectivity index (χ3v) is 4.77. The van der Waals surface area contributed by atoms with Crippen molar-refractivity contribution in [3.63, 3.8) is 0 Å². The van der Waals surface area contributed by atoms with Crippen LogP contribution in [0.2, 0.25) is 19.6 Å². The summed E-state index contributed by atoms with van der Waals surface area (Å²) in [5, 5.41) is 9.51. The minimum absolute atomic E-state index is 0.518. The van der Waals surface area contributed by atoms with E-state index in [9.17, 15) is 5.26 Å². The summed E-state index contributed by atoms with van der Waals surface area (Å²) < 4.78 is 6.18. The highest BCUT2D eigenvalue weighted by Gasteiger charge is 2.40. The van der Waals surface area contributed by atoms with Crippen LogP contribution in [0.3, 0.4) is 0 Å². The van der Waals surface area contributed by atoms with Gasteiger partial charge in [0.25, 0.3) is 0 Å². The van der Waals surface area contributed by atoms with Crippen molar-refractivity contribution in [2.75, 3.05) is 0 Å². The lowest BCUT2D eigenvalue weighted by atomic mass is 9.77. The number of hydrogen-bond acceptors (Lipinski definition) is 2. The van der Waals surface area contributed by atoms with Crippen molar-refractivity contribution in [2.45, 2.75) is 56.8 Å². The summed E-state index contributed by atoms with van der Waals surface area (Å²) >= 11 is 0. The number of nitrogens with zero attached hydrogens (tertiary/aromatic N) is 1. The van der Waals surface area contributed by atoms with Gasteiger partial charge in [0.1, 0.15) is 5.60 Å². The van der Waals surface area contributed by atoms with E-state index in [0.29, 0.717) is 5.92 Å². The first-order chi connectivity index (χ1) is 8.94. The number of nitriles is 1. The molecule has 1 fully saturated rings. The standard InChI is InChI=1S/C16H23NOSi/c1-19(2,3)18-16(13-17)11-9-15(10-12-16)14-7-5-4-6-8-14/h4-8,15H,9-12H2,1-3H3. The fraction of sp³-hybridized carbons (Fsp3) is 0.562. The second kappa shape index (κ2) is 5.48. The van der Waals surface area contributed by atoms with Gasteiger partial charge in [0, 0.05) is 0 Å². The Hall–Kier alpha value is -1.11. The van der Waals surface area contributed by atoms with Crippen LogP contribution in [0.4, 0.5) is 0 Å². The van der Waals surface area contributed by atoms with Gasteiger partial charge in [0.2, 0.25) is 0 Å². The molecule has 3 heteroatoms. The summed E-state index contributed by atoms with van der Waals surface area (Å²) in [6, 6.07) is 13.1. The van der Waals surface area contributed by atoms with E-state index in [1.807, 2.05) is 0 Å². The SMILES string of the molecule is C[Si](C)(C)OC1(C#N)CCC(c2ccccc2)CC1. The normalized spacial score (nSPS) is 27.8. The Morgan fingerprint density at radius 3 is 2.21 bits per heavy atom. The zero-order valence-corrected chi connectivity index (χ0v) is 13.1. The molecule has 1 aliphatic carbocycles. The highest BCUT2D eigenvalue weighted by atomic mass is 28.4. The van der Waals surface area contributed by atoms with Gasteiger partial charge in [-0.25, -0.2) is 0 Å². The van der Waals surface area contributed by atoms with Crippen LogP contribution in [-0.4, -0.2) is 13.9 Å². The fourth-order valence-electron chi connectivity index (χ4n) is 2.97. The molecule has 0 spiro atoms. The quantitative estimate of drug-likeness (QED) is 0.762. The molecular formula is C16H23NOSi. The lowest BCUT2D eigenvalue weighted by Gasteiger charge is -2.39. The maximum Gasteiger partial charge on any atom is 0.185 e. The van der Waals surface area contributed by atoms with Crippen molar-refractivity contribution in [2.24, 2.45) is 0 Å². The summed E-state index contributed by atoms with van der Waals surface area (Å²) in [5.74, 6) is 0.591. The highest BCUT2D eigenvalue weighted by molar-refractivity contribution is 6.69. The van der Waals surface area contributed by atoms with Crippen molar-refractivity contribution in [3.8, 4) is 6.07 Å². The van der Waals surface area contributed by atoms with Gasteiger partial charge >= 0.3 is 0 Å². The van der Waals surface area contributed by atoms with Gasteiger partial charge in [-0.2, -0.15) is 5.26 Å². The molecular weight excluding hydrogens is 250 g/mol. The molecule has 19 heavy (non-hydrogen) atoms. The number of rotatable bonds is 3. The molecule has 0 amide bonds. The van der Waals surface area contributed by atoms with Gasteiger partial charge in [-0.05, 0) is 56.8 Å². The molecule has 0 heterocycles. The van der Waals surface area contributed by atoms with Crippen LogP contribution in [0.25, 0.3) is 0 Å². The Kier molecular flexibility index (Phi) is 4.12. The molecule has 1 aliphatic rings. The van der Waals surface area contributed by atoms with E-state index in [1.54, 1.807) is 0 Å². The molecule has 0 atom stereocenters. The van der Waals surface area contributed by atoms with Crippen molar-refractivity contribution in [1.29, 1.82) is 5.26 Å². The maximum absolute atomic E-state index is 9.51. The van der Waals surface area contributed by atoms with Crippen LogP contribution < -0.4 is 0 Å². The van der Waals surface area contributed by atoms with Gasteiger partial charge in [-0.1, -0.05) is 30.3 Å². The Labute approximate surface area is 117 Å². The van der Waals surface area contributed by atoms with Crippen LogP contribution in [0, 0.1) is 11.3 Å². The topological polar surface area (TPSA) is 33.0 Å². The van der Waals surface area contributed by atoms with E-state index in [0.717, 1.165) is 25.7 Å². The van der Waals surface area contributed by atoms with E-state index in [4.69, 9.17) is 4.43 Å². The van der Waals surface area contributed by atoms with E-state index in [1.165, 1.54) is 5.56 Å². The van der Waals surface area contributed by atoms with Crippen LogP contribution in [0.15, 0.2) is 30.3 Å². The minimum atomic E-state index is -1.66. The summed E-state index contributed by atoms with van der Waals surface area (Å²) in [5.41, 5.74) is 0.887. The van der Waals surface area contributed by atoms with E-state index < -0.39 is 13.9 Å². The Morgan fingerprint density at radius 2 is 1.74 bits per heavy atom. The van der Waals surface area contributed by atoms with E-state index >= 15 is 0 Å². The number of hydrogen-bond donors (Lipinski definition) is 0. The molecule has 2 nitrogen and oxygen atoms in total. The van der Waals surface area contributed by atoms with E-state index in [2.05, 4.69) is 56.0 Å². The Bertz CT molecular complexity index is 450. The lowest BCUT2D eigenvalue weighted by molar-refractivity contribution is 0.0709. The van der Waals surface area contributed by atoms with Crippen molar-refractivity contribution in [3.05, 3.63) is 35.9 Å². The molecule has 0 N–H and O–H groups in total. The maximum atomic E-state index is 9.51. The van der Waals surface area contributed by atoms with Gasteiger partial charge in [-0.3, -0.25) is 0 Å².